The fourth-order valence-corrected chi connectivity index (χ4v) is 6.65. The van der Waals surface area contributed by atoms with E-state index in [0.717, 1.165) is 44.0 Å². The van der Waals surface area contributed by atoms with Gasteiger partial charge < -0.3 is 9.80 Å². The molecule has 0 bridgehead atoms. The number of aromatic nitrogens is 2. The van der Waals surface area contributed by atoms with Gasteiger partial charge in [-0.1, -0.05) is 18.2 Å². The van der Waals surface area contributed by atoms with Gasteiger partial charge in [0.1, 0.15) is 10.8 Å². The summed E-state index contributed by atoms with van der Waals surface area (Å²) in [6, 6.07) is 9.27. The summed E-state index contributed by atoms with van der Waals surface area (Å²) in [5.74, 6) is 1.70. The molecule has 1 amide bonds. The number of hydrogen-bond donors (Lipinski definition) is 0. The summed E-state index contributed by atoms with van der Waals surface area (Å²) in [5.41, 5.74) is 2.69. The van der Waals surface area contributed by atoms with E-state index in [0.29, 0.717) is 12.0 Å². The summed E-state index contributed by atoms with van der Waals surface area (Å²) in [7, 11) is 0. The molecule has 29 heavy (non-hydrogen) atoms. The normalized spacial score (nSPS) is 26.6. The van der Waals surface area contributed by atoms with E-state index in [4.69, 9.17) is 0 Å². The van der Waals surface area contributed by atoms with E-state index in [1.165, 1.54) is 36.3 Å². The van der Waals surface area contributed by atoms with Gasteiger partial charge in [0.2, 0.25) is 5.91 Å². The van der Waals surface area contributed by atoms with Crippen LogP contribution >= 0.6 is 11.5 Å². The molecule has 1 aromatic heterocycles. The van der Waals surface area contributed by atoms with Crippen LogP contribution in [0.1, 0.15) is 67.8 Å². The van der Waals surface area contributed by atoms with Gasteiger partial charge in [-0.2, -0.15) is 4.37 Å². The van der Waals surface area contributed by atoms with Gasteiger partial charge in [-0.05, 0) is 81.7 Å². The Kier molecular flexibility index (Phi) is 4.95. The lowest BCUT2D eigenvalue weighted by molar-refractivity contribution is -0.116. The van der Waals surface area contributed by atoms with Gasteiger partial charge in [-0.3, -0.25) is 4.79 Å². The van der Waals surface area contributed by atoms with Crippen molar-refractivity contribution in [2.75, 3.05) is 24.5 Å². The molecule has 2 aromatic rings. The van der Waals surface area contributed by atoms with Gasteiger partial charge in [0.15, 0.2) is 0 Å². The van der Waals surface area contributed by atoms with E-state index in [1.54, 1.807) is 18.5 Å². The van der Waals surface area contributed by atoms with Gasteiger partial charge in [-0.15, -0.1) is 0 Å². The number of fused-ring (bicyclic) bond motifs is 2. The number of likely N-dealkylation sites (tertiary alicyclic amines) is 1. The predicted octanol–water partition coefficient (Wildman–Crippen LogP) is 4.27. The molecule has 0 unspecified atom stereocenters. The van der Waals surface area contributed by atoms with Crippen LogP contribution in [0.4, 0.5) is 5.69 Å². The summed E-state index contributed by atoms with van der Waals surface area (Å²) in [6.07, 6.45) is 7.33. The molecule has 2 aliphatic heterocycles. The molecule has 3 aliphatic rings. The molecule has 5 rings (SSSR count). The van der Waals surface area contributed by atoms with Crippen LogP contribution in [0.15, 0.2) is 24.3 Å². The van der Waals surface area contributed by atoms with E-state index >= 15 is 0 Å². The van der Waals surface area contributed by atoms with E-state index in [2.05, 4.69) is 38.5 Å². The van der Waals surface area contributed by atoms with Crippen molar-refractivity contribution in [1.82, 2.24) is 14.3 Å². The molecule has 0 atom stereocenters. The first-order valence-corrected chi connectivity index (χ1v) is 11.7. The third kappa shape index (κ3) is 3.40. The summed E-state index contributed by atoms with van der Waals surface area (Å²) in [5, 5.41) is 1.24. The zero-order valence-electron chi connectivity index (χ0n) is 17.4. The predicted molar refractivity (Wildman–Crippen MR) is 117 cm³/mol. The summed E-state index contributed by atoms with van der Waals surface area (Å²) >= 11 is 1.59. The summed E-state index contributed by atoms with van der Waals surface area (Å²) in [4.78, 5) is 21.6. The van der Waals surface area contributed by atoms with E-state index in [-0.39, 0.29) is 11.3 Å². The van der Waals surface area contributed by atoms with Crippen molar-refractivity contribution in [3.8, 4) is 0 Å². The number of carbonyl (C=O) groups is 1. The van der Waals surface area contributed by atoms with E-state index in [1.807, 2.05) is 11.8 Å². The first kappa shape index (κ1) is 19.2. The molecule has 6 heteroatoms. The molecular formula is C23H30N4OS. The van der Waals surface area contributed by atoms with Crippen LogP contribution in [0.2, 0.25) is 0 Å². The largest absolute Gasteiger partial charge is 0.311 e. The highest BCUT2D eigenvalue weighted by molar-refractivity contribution is 7.05. The van der Waals surface area contributed by atoms with Crippen molar-refractivity contribution < 1.29 is 4.79 Å². The van der Waals surface area contributed by atoms with Crippen molar-refractivity contribution in [3.63, 3.8) is 0 Å². The second-order valence-electron chi connectivity index (χ2n) is 9.12. The third-order valence-corrected chi connectivity index (χ3v) is 8.44. The van der Waals surface area contributed by atoms with E-state index < -0.39 is 0 Å². The number of carbonyl (C=O) groups excluding carboxylic acids is 1. The topological polar surface area (TPSA) is 49.3 Å². The van der Waals surface area contributed by atoms with Crippen LogP contribution in [0.3, 0.4) is 0 Å². The Labute approximate surface area is 177 Å². The zero-order chi connectivity index (χ0) is 20.0. The fourth-order valence-electron chi connectivity index (χ4n) is 5.82. The minimum Gasteiger partial charge on any atom is -0.311 e. The highest BCUT2D eigenvalue weighted by Crippen LogP contribution is 2.48. The molecule has 1 aromatic carbocycles. The molecule has 154 valence electrons. The van der Waals surface area contributed by atoms with Crippen LogP contribution in [-0.4, -0.2) is 45.8 Å². The lowest BCUT2D eigenvalue weighted by Crippen LogP contribution is -2.49. The Morgan fingerprint density at radius 1 is 1.14 bits per heavy atom. The van der Waals surface area contributed by atoms with Gasteiger partial charge in [-0.25, -0.2) is 4.98 Å². The van der Waals surface area contributed by atoms with Crippen molar-refractivity contribution >= 4 is 23.1 Å². The Balaban J connectivity index is 1.23. The maximum atomic E-state index is 12.2. The summed E-state index contributed by atoms with van der Waals surface area (Å²) in [6.45, 7) is 6.84. The molecule has 2 fully saturated rings. The highest BCUT2D eigenvalue weighted by Gasteiger charge is 2.46. The van der Waals surface area contributed by atoms with Crippen molar-refractivity contribution in [1.29, 1.82) is 0 Å². The van der Waals surface area contributed by atoms with Crippen LogP contribution in [0.25, 0.3) is 0 Å². The maximum Gasteiger partial charge on any atom is 0.223 e. The van der Waals surface area contributed by atoms with Gasteiger partial charge in [0, 0.05) is 36.5 Å². The molecule has 1 spiro atoms. The minimum atomic E-state index is 0.153. The van der Waals surface area contributed by atoms with Gasteiger partial charge in [0.25, 0.3) is 0 Å². The van der Waals surface area contributed by atoms with Crippen LogP contribution in [0, 0.1) is 6.92 Å². The number of rotatable bonds is 2. The molecule has 0 radical (unpaired) electrons. The van der Waals surface area contributed by atoms with Crippen molar-refractivity contribution in [2.24, 2.45) is 0 Å². The smallest absolute Gasteiger partial charge is 0.223 e. The molecule has 1 saturated heterocycles. The fraction of sp³-hybridized carbons (Fsp3) is 0.609. The monoisotopic (exact) mass is 410 g/mol. The minimum absolute atomic E-state index is 0.153. The Hall–Kier alpha value is -1.79. The van der Waals surface area contributed by atoms with E-state index in [9.17, 15) is 4.79 Å². The lowest BCUT2D eigenvalue weighted by atomic mass is 9.73. The molecule has 1 aliphatic carbocycles. The van der Waals surface area contributed by atoms with Crippen molar-refractivity contribution in [3.05, 3.63) is 40.7 Å². The standard InChI is InChI=1S/C23H30N4OS/c1-16-24-22(29-25-16)18-7-9-19(10-8-18)26-13-11-23(12-14-26)15-27(17(2)28)21-6-4-3-5-20(21)23/h3-6,18-19H,7-15H2,1-2H3. The Morgan fingerprint density at radius 2 is 1.86 bits per heavy atom. The van der Waals surface area contributed by atoms with Crippen LogP contribution < -0.4 is 4.90 Å². The maximum absolute atomic E-state index is 12.2. The second kappa shape index (κ2) is 7.47. The molecular weight excluding hydrogens is 380 g/mol. The number of hydrogen-bond acceptors (Lipinski definition) is 5. The van der Waals surface area contributed by atoms with Crippen molar-refractivity contribution in [2.45, 2.75) is 69.7 Å². The van der Waals surface area contributed by atoms with Crippen LogP contribution in [0.5, 0.6) is 0 Å². The number of para-hydroxylation sites is 1. The third-order valence-electron chi connectivity index (χ3n) is 7.47. The van der Waals surface area contributed by atoms with Gasteiger partial charge >= 0.3 is 0 Å². The number of benzene rings is 1. The van der Waals surface area contributed by atoms with Gasteiger partial charge in [0.05, 0.1) is 0 Å². The average molecular weight is 411 g/mol. The molecule has 1 saturated carbocycles. The SMILES string of the molecule is CC(=O)N1CC2(CCN(C3CCC(c4nc(C)ns4)CC3)CC2)c2ccccc21. The Bertz CT molecular complexity index is 894. The number of anilines is 1. The first-order valence-electron chi connectivity index (χ1n) is 11.0. The average Bonchev–Trinajstić information content (AvgIpc) is 3.31. The number of aryl methyl sites for hydroxylation is 1. The number of nitrogens with zero attached hydrogens (tertiary/aromatic N) is 4. The number of piperidine rings is 1. The Morgan fingerprint density at radius 3 is 2.52 bits per heavy atom. The second-order valence-corrected chi connectivity index (χ2v) is 9.91. The summed E-state index contributed by atoms with van der Waals surface area (Å²) < 4.78 is 4.37. The number of amides is 1. The molecule has 3 heterocycles. The molecule has 5 nitrogen and oxygen atoms in total. The first-order chi connectivity index (χ1) is 14.1. The quantitative estimate of drug-likeness (QED) is 0.742. The zero-order valence-corrected chi connectivity index (χ0v) is 18.2. The lowest BCUT2D eigenvalue weighted by Gasteiger charge is -2.44. The van der Waals surface area contributed by atoms with Crippen LogP contribution in [-0.2, 0) is 10.2 Å². The molecule has 0 N–H and O–H groups in total. The highest BCUT2D eigenvalue weighted by atomic mass is 32.1.